The molecule has 5 aromatic heterocycles. The summed E-state index contributed by atoms with van der Waals surface area (Å²) in [6.07, 6.45) is 4.81. The van der Waals surface area contributed by atoms with Gasteiger partial charge in [0.05, 0.1) is 17.3 Å². The minimum absolute atomic E-state index is 0.0124. The van der Waals surface area contributed by atoms with Gasteiger partial charge in [-0.1, -0.05) is 11.6 Å². The van der Waals surface area contributed by atoms with Crippen LogP contribution in [0.3, 0.4) is 0 Å². The first-order valence-corrected chi connectivity index (χ1v) is 13.8. The largest absolute Gasteiger partial charge is 0.383 e. The Kier molecular flexibility index (Phi) is 6.19. The molecule has 5 aromatic rings. The van der Waals surface area contributed by atoms with E-state index in [0.717, 1.165) is 51.2 Å². The maximum Gasteiger partial charge on any atom is 0.270 e. The quantitative estimate of drug-likeness (QED) is 0.287. The van der Waals surface area contributed by atoms with Crippen molar-refractivity contribution < 1.29 is 4.79 Å². The van der Waals surface area contributed by atoms with Gasteiger partial charge in [-0.15, -0.1) is 22.7 Å². The summed E-state index contributed by atoms with van der Waals surface area (Å²) in [5, 5.41) is 5.92. The number of hydrogen-bond acceptors (Lipinski definition) is 10. The molecule has 0 aromatic carbocycles. The van der Waals surface area contributed by atoms with E-state index in [9.17, 15) is 4.79 Å². The van der Waals surface area contributed by atoms with E-state index in [1.165, 1.54) is 28.7 Å². The Bertz CT molecular complexity index is 1660. The molecular weight excluding hydrogens is 530 g/mol. The van der Waals surface area contributed by atoms with E-state index >= 15 is 0 Å². The maximum atomic E-state index is 12.7. The van der Waals surface area contributed by atoms with Gasteiger partial charge >= 0.3 is 0 Å². The Morgan fingerprint density at radius 2 is 1.62 bits per heavy atom. The highest BCUT2D eigenvalue weighted by molar-refractivity contribution is 7.19. The van der Waals surface area contributed by atoms with Crippen LogP contribution in [0.25, 0.3) is 20.4 Å². The zero-order valence-corrected chi connectivity index (χ0v) is 22.4. The summed E-state index contributed by atoms with van der Waals surface area (Å²) < 4.78 is 1.70. The second kappa shape index (κ2) is 9.53. The fraction of sp³-hybridized carbons (Fsp3) is 0.292. The van der Waals surface area contributed by atoms with Gasteiger partial charge in [-0.25, -0.2) is 19.9 Å². The van der Waals surface area contributed by atoms with Gasteiger partial charge < -0.3 is 26.3 Å². The molecule has 7 rings (SSSR count). The molecule has 0 bridgehead atoms. The van der Waals surface area contributed by atoms with Crippen molar-refractivity contribution in [2.45, 2.75) is 25.9 Å². The molecule has 0 saturated heterocycles. The molecule has 0 atom stereocenters. The molecule has 0 aliphatic carbocycles. The summed E-state index contributed by atoms with van der Waals surface area (Å²) in [5.41, 5.74) is 15.0. The van der Waals surface area contributed by atoms with Crippen LogP contribution in [0, 0.1) is 0 Å². The Hall–Kier alpha value is -3.32. The normalized spacial score (nSPS) is 14.8. The lowest BCUT2D eigenvalue weighted by Gasteiger charge is -2.27. The molecule has 0 unspecified atom stereocenters. The van der Waals surface area contributed by atoms with Crippen LogP contribution in [0.4, 0.5) is 11.6 Å². The molecule has 2 aliphatic heterocycles. The molecule has 0 spiro atoms. The number of anilines is 2. The van der Waals surface area contributed by atoms with E-state index < -0.39 is 0 Å². The van der Waals surface area contributed by atoms with Gasteiger partial charge in [0.15, 0.2) is 0 Å². The molecule has 190 valence electrons. The summed E-state index contributed by atoms with van der Waals surface area (Å²) in [4.78, 5) is 35.6. The topological polar surface area (TPSA) is 141 Å². The molecule has 10 nitrogen and oxygen atoms in total. The number of amides is 1. The Morgan fingerprint density at radius 3 is 2.27 bits per heavy atom. The van der Waals surface area contributed by atoms with Crippen molar-refractivity contribution in [3.8, 4) is 0 Å². The van der Waals surface area contributed by atoms with E-state index in [4.69, 9.17) is 23.1 Å². The molecule has 1 amide bonds. The lowest BCUT2D eigenvalue weighted by molar-refractivity contribution is 0.0728. The molecule has 0 radical (unpaired) electrons. The molecule has 0 fully saturated rings. The van der Waals surface area contributed by atoms with Gasteiger partial charge in [0.25, 0.3) is 5.91 Å². The number of carbonyl (C=O) groups excluding carboxylic acids is 1. The molecular formula is C24H24ClN9OS2. The maximum absolute atomic E-state index is 12.7. The van der Waals surface area contributed by atoms with Gasteiger partial charge in [0, 0.05) is 29.9 Å². The van der Waals surface area contributed by atoms with Crippen molar-refractivity contribution in [2.24, 2.45) is 7.05 Å². The lowest BCUT2D eigenvalue weighted by Crippen LogP contribution is -2.36. The number of rotatable bonds is 1. The number of carbonyl (C=O) groups is 1. The van der Waals surface area contributed by atoms with Gasteiger partial charge in [0.1, 0.15) is 44.8 Å². The SMILES string of the molecule is Cn1c(Cl)ccc1C(=O)N1CCc2c(sc3ncnc(N)c23)C1.Nc1ncnc2sc3c(c12)CCNC3. The Morgan fingerprint density at radius 1 is 0.973 bits per heavy atom. The van der Waals surface area contributed by atoms with E-state index in [-0.39, 0.29) is 5.91 Å². The molecule has 37 heavy (non-hydrogen) atoms. The summed E-state index contributed by atoms with van der Waals surface area (Å²) in [6, 6.07) is 3.49. The van der Waals surface area contributed by atoms with E-state index in [1.54, 1.807) is 46.4 Å². The minimum atomic E-state index is -0.0124. The fourth-order valence-electron chi connectivity index (χ4n) is 4.87. The van der Waals surface area contributed by atoms with Crippen LogP contribution < -0.4 is 16.8 Å². The molecule has 5 N–H and O–H groups in total. The standard InChI is InChI=1S/C15H14ClN5OS.C9H10N4S/c1-20-9(2-3-11(20)16)15(22)21-5-4-8-10(6-21)23-14-12(8)13(17)18-7-19-14;10-8-7-5-1-2-11-3-6(5)14-9(7)13-4-12-8/h2-3,7H,4-6H2,1H3,(H2,17,18,19);4,11H,1-3H2,(H2,10,12,13). The molecule has 13 heteroatoms. The minimum Gasteiger partial charge on any atom is -0.383 e. The van der Waals surface area contributed by atoms with Gasteiger partial charge in [-0.3, -0.25) is 4.79 Å². The number of nitrogens with two attached hydrogens (primary N) is 2. The molecule has 2 aliphatic rings. The predicted molar refractivity (Wildman–Crippen MR) is 148 cm³/mol. The molecule has 0 saturated carbocycles. The number of fused-ring (bicyclic) bond motifs is 6. The van der Waals surface area contributed by atoms with Crippen molar-refractivity contribution in [1.82, 2.24) is 34.7 Å². The van der Waals surface area contributed by atoms with Crippen molar-refractivity contribution in [1.29, 1.82) is 0 Å². The van der Waals surface area contributed by atoms with Gasteiger partial charge in [-0.05, 0) is 42.6 Å². The van der Waals surface area contributed by atoms with E-state index in [1.807, 2.05) is 4.90 Å². The summed E-state index contributed by atoms with van der Waals surface area (Å²) >= 11 is 9.33. The van der Waals surface area contributed by atoms with Crippen LogP contribution in [-0.2, 0) is 33.0 Å². The third-order valence-electron chi connectivity index (χ3n) is 6.77. The van der Waals surface area contributed by atoms with Crippen molar-refractivity contribution in [3.05, 3.63) is 56.5 Å². The first kappa shape index (κ1) is 24.0. The molecule has 7 heterocycles. The highest BCUT2D eigenvalue weighted by Crippen LogP contribution is 2.37. The third-order valence-corrected chi connectivity index (χ3v) is 9.41. The predicted octanol–water partition coefficient (Wildman–Crippen LogP) is 3.38. The van der Waals surface area contributed by atoms with Crippen LogP contribution in [-0.4, -0.2) is 48.4 Å². The van der Waals surface area contributed by atoms with E-state index in [2.05, 4.69) is 25.3 Å². The van der Waals surface area contributed by atoms with Crippen molar-refractivity contribution in [2.75, 3.05) is 24.6 Å². The second-order valence-electron chi connectivity index (χ2n) is 8.89. The number of nitrogen functional groups attached to an aromatic ring is 2. The second-order valence-corrected chi connectivity index (χ2v) is 11.4. The van der Waals surface area contributed by atoms with E-state index in [0.29, 0.717) is 35.6 Å². The first-order valence-electron chi connectivity index (χ1n) is 11.7. The van der Waals surface area contributed by atoms with Crippen LogP contribution in [0.5, 0.6) is 0 Å². The zero-order valence-electron chi connectivity index (χ0n) is 20.0. The smallest absolute Gasteiger partial charge is 0.270 e. The van der Waals surface area contributed by atoms with Gasteiger partial charge in [0.2, 0.25) is 0 Å². The fourth-order valence-corrected chi connectivity index (χ4v) is 7.40. The van der Waals surface area contributed by atoms with Crippen LogP contribution in [0.15, 0.2) is 24.8 Å². The Balaban J connectivity index is 0.000000153. The average molecular weight is 554 g/mol. The third kappa shape index (κ3) is 4.19. The van der Waals surface area contributed by atoms with Crippen molar-refractivity contribution >= 4 is 72.3 Å². The first-order chi connectivity index (χ1) is 17.9. The summed E-state index contributed by atoms with van der Waals surface area (Å²) in [7, 11) is 1.79. The number of thiophene rings is 2. The number of nitrogens with zero attached hydrogens (tertiary/aromatic N) is 6. The monoisotopic (exact) mass is 553 g/mol. The highest BCUT2D eigenvalue weighted by atomic mass is 35.5. The summed E-state index contributed by atoms with van der Waals surface area (Å²) in [6.45, 7) is 3.18. The highest BCUT2D eigenvalue weighted by Gasteiger charge is 2.27. The van der Waals surface area contributed by atoms with Crippen LogP contribution in [0.1, 0.15) is 31.4 Å². The van der Waals surface area contributed by atoms with Crippen LogP contribution in [0.2, 0.25) is 5.15 Å². The van der Waals surface area contributed by atoms with Crippen molar-refractivity contribution in [3.63, 3.8) is 0 Å². The number of nitrogens with one attached hydrogen (secondary N) is 1. The number of halogens is 1. The van der Waals surface area contributed by atoms with Gasteiger partial charge in [-0.2, -0.15) is 0 Å². The zero-order chi connectivity index (χ0) is 25.7. The Labute approximate surface area is 225 Å². The number of aromatic nitrogens is 5. The van der Waals surface area contributed by atoms with Crippen LogP contribution >= 0.6 is 34.3 Å². The summed E-state index contributed by atoms with van der Waals surface area (Å²) in [5.74, 6) is 1.12. The lowest BCUT2D eigenvalue weighted by atomic mass is 10.0. The number of hydrogen-bond donors (Lipinski definition) is 3. The average Bonchev–Trinajstić information content (AvgIpc) is 3.57.